The number of rotatable bonds is 7. The highest BCUT2D eigenvalue weighted by Gasteiger charge is 2.21. The second kappa shape index (κ2) is 6.60. The first-order chi connectivity index (χ1) is 8.05. The van der Waals surface area contributed by atoms with E-state index < -0.39 is 9.84 Å². The first-order valence-electron chi connectivity index (χ1n) is 5.90. The van der Waals surface area contributed by atoms with Gasteiger partial charge in [0.05, 0.1) is 5.25 Å². The lowest BCUT2D eigenvalue weighted by molar-refractivity contribution is 0.572. The monoisotopic (exact) mass is 252 g/mol. The average molecular weight is 252 g/mol. The van der Waals surface area contributed by atoms with E-state index in [1.807, 2.05) is 36.4 Å². The summed E-state index contributed by atoms with van der Waals surface area (Å²) in [6, 6.07) is 9.45. The number of unbranched alkanes of at least 4 members (excludes halogenated alkanes) is 2. The molecule has 0 bridgehead atoms. The summed E-state index contributed by atoms with van der Waals surface area (Å²) >= 11 is 0. The van der Waals surface area contributed by atoms with Gasteiger partial charge in [-0.05, 0) is 24.8 Å². The van der Waals surface area contributed by atoms with Crippen LogP contribution in [0.2, 0.25) is 0 Å². The summed E-state index contributed by atoms with van der Waals surface area (Å²) in [6.07, 6.45) is 6.75. The number of benzene rings is 1. The summed E-state index contributed by atoms with van der Waals surface area (Å²) in [5.74, 6) is 0. The average Bonchev–Trinajstić information content (AvgIpc) is 2.28. The van der Waals surface area contributed by atoms with Crippen molar-refractivity contribution >= 4 is 9.84 Å². The van der Waals surface area contributed by atoms with Crippen molar-refractivity contribution < 1.29 is 8.42 Å². The molecule has 1 rings (SSSR count). The van der Waals surface area contributed by atoms with Crippen LogP contribution in [0, 0.1) is 0 Å². The molecule has 1 atom stereocenters. The maximum absolute atomic E-state index is 11.8. The van der Waals surface area contributed by atoms with Crippen LogP contribution in [0.25, 0.3) is 0 Å². The maximum Gasteiger partial charge on any atom is 0.154 e. The smallest absolute Gasteiger partial charge is 0.154 e. The van der Waals surface area contributed by atoms with Gasteiger partial charge in [0.25, 0.3) is 0 Å². The molecule has 0 radical (unpaired) electrons. The van der Waals surface area contributed by atoms with E-state index in [-0.39, 0.29) is 5.25 Å². The van der Waals surface area contributed by atoms with Crippen molar-refractivity contribution in [2.75, 3.05) is 6.26 Å². The van der Waals surface area contributed by atoms with Crippen molar-refractivity contribution in [3.8, 4) is 0 Å². The van der Waals surface area contributed by atoms with Gasteiger partial charge in [-0.3, -0.25) is 0 Å². The van der Waals surface area contributed by atoms with E-state index in [2.05, 4.69) is 6.58 Å². The molecule has 0 spiro atoms. The lowest BCUT2D eigenvalue weighted by Crippen LogP contribution is -2.11. The molecule has 2 nitrogen and oxygen atoms in total. The molecule has 0 aliphatic rings. The van der Waals surface area contributed by atoms with Crippen LogP contribution in [0.15, 0.2) is 43.0 Å². The highest BCUT2D eigenvalue weighted by molar-refractivity contribution is 7.90. The van der Waals surface area contributed by atoms with E-state index in [4.69, 9.17) is 0 Å². The molecular weight excluding hydrogens is 232 g/mol. The second-order valence-corrected chi connectivity index (χ2v) is 6.53. The third kappa shape index (κ3) is 4.73. The van der Waals surface area contributed by atoms with E-state index in [0.717, 1.165) is 24.8 Å². The van der Waals surface area contributed by atoms with Crippen molar-refractivity contribution in [3.63, 3.8) is 0 Å². The zero-order valence-electron chi connectivity index (χ0n) is 10.3. The minimum Gasteiger partial charge on any atom is -0.228 e. The number of hydrogen-bond donors (Lipinski definition) is 0. The molecule has 94 valence electrons. The lowest BCUT2D eigenvalue weighted by Gasteiger charge is -2.15. The molecule has 0 aromatic heterocycles. The Balaban J connectivity index is 2.73. The fourth-order valence-corrected chi connectivity index (χ4v) is 3.16. The molecule has 0 heterocycles. The van der Waals surface area contributed by atoms with Gasteiger partial charge in [0, 0.05) is 6.26 Å². The fourth-order valence-electron chi connectivity index (χ4n) is 1.91. The minimum absolute atomic E-state index is 0.367. The molecule has 1 aromatic carbocycles. The van der Waals surface area contributed by atoms with Crippen LogP contribution >= 0.6 is 0 Å². The molecule has 1 unspecified atom stereocenters. The van der Waals surface area contributed by atoms with Gasteiger partial charge in [-0.2, -0.15) is 0 Å². The Morgan fingerprint density at radius 1 is 1.24 bits per heavy atom. The summed E-state index contributed by atoms with van der Waals surface area (Å²) in [5, 5.41) is -0.367. The molecule has 3 heteroatoms. The van der Waals surface area contributed by atoms with Crippen molar-refractivity contribution in [1.82, 2.24) is 0 Å². The Morgan fingerprint density at radius 3 is 2.41 bits per heavy atom. The molecule has 0 aliphatic carbocycles. The van der Waals surface area contributed by atoms with Gasteiger partial charge in [0.2, 0.25) is 0 Å². The summed E-state index contributed by atoms with van der Waals surface area (Å²) < 4.78 is 23.6. The van der Waals surface area contributed by atoms with Crippen LogP contribution in [0.1, 0.15) is 36.5 Å². The van der Waals surface area contributed by atoms with Crippen molar-refractivity contribution in [1.29, 1.82) is 0 Å². The normalized spacial score (nSPS) is 13.2. The third-order valence-corrected chi connectivity index (χ3v) is 4.35. The fraction of sp³-hybridized carbons (Fsp3) is 0.429. The summed E-state index contributed by atoms with van der Waals surface area (Å²) in [6.45, 7) is 3.67. The van der Waals surface area contributed by atoms with Crippen LogP contribution in [0.4, 0.5) is 0 Å². The predicted molar refractivity (Wildman–Crippen MR) is 72.7 cm³/mol. The third-order valence-electron chi connectivity index (χ3n) is 2.81. The van der Waals surface area contributed by atoms with Gasteiger partial charge < -0.3 is 0 Å². The van der Waals surface area contributed by atoms with Crippen LogP contribution in [-0.4, -0.2) is 14.7 Å². The number of allylic oxidation sites excluding steroid dienone is 1. The Morgan fingerprint density at radius 2 is 1.88 bits per heavy atom. The molecule has 0 aliphatic heterocycles. The number of hydrogen-bond acceptors (Lipinski definition) is 2. The molecule has 0 saturated heterocycles. The number of sulfone groups is 1. The SMILES string of the molecule is C=CCCCCC(c1ccccc1)S(C)(=O)=O. The second-order valence-electron chi connectivity index (χ2n) is 4.30. The predicted octanol–water partition coefficient (Wildman–Crippen LogP) is 3.52. The van der Waals surface area contributed by atoms with Crippen molar-refractivity contribution in [2.24, 2.45) is 0 Å². The molecule has 0 fully saturated rings. The summed E-state index contributed by atoms with van der Waals surface area (Å²) in [7, 11) is -3.03. The molecule has 0 amide bonds. The van der Waals surface area contributed by atoms with Crippen molar-refractivity contribution in [2.45, 2.75) is 30.9 Å². The van der Waals surface area contributed by atoms with Crippen LogP contribution in [0.3, 0.4) is 0 Å². The first-order valence-corrected chi connectivity index (χ1v) is 7.86. The summed E-state index contributed by atoms with van der Waals surface area (Å²) in [4.78, 5) is 0. The zero-order valence-corrected chi connectivity index (χ0v) is 11.1. The zero-order chi connectivity index (χ0) is 12.7. The Kier molecular flexibility index (Phi) is 5.42. The largest absolute Gasteiger partial charge is 0.228 e. The van der Waals surface area contributed by atoms with Gasteiger partial charge >= 0.3 is 0 Å². The van der Waals surface area contributed by atoms with Crippen molar-refractivity contribution in [3.05, 3.63) is 48.6 Å². The highest BCUT2D eigenvalue weighted by Crippen LogP contribution is 2.27. The Bertz CT molecular complexity index is 435. The van der Waals surface area contributed by atoms with Crippen LogP contribution < -0.4 is 0 Å². The quantitative estimate of drug-likeness (QED) is 0.549. The van der Waals surface area contributed by atoms with E-state index in [9.17, 15) is 8.42 Å². The minimum atomic E-state index is -3.03. The van der Waals surface area contributed by atoms with Crippen LogP contribution in [0.5, 0.6) is 0 Å². The molecule has 17 heavy (non-hydrogen) atoms. The maximum atomic E-state index is 11.8. The first kappa shape index (κ1) is 14.0. The Hall–Kier alpha value is -1.09. The van der Waals surface area contributed by atoms with Gasteiger partial charge in [-0.1, -0.05) is 42.8 Å². The molecular formula is C14H20O2S. The Labute approximate surface area is 104 Å². The van der Waals surface area contributed by atoms with E-state index >= 15 is 0 Å². The van der Waals surface area contributed by atoms with Crippen LogP contribution in [-0.2, 0) is 9.84 Å². The highest BCUT2D eigenvalue weighted by atomic mass is 32.2. The van der Waals surface area contributed by atoms with Gasteiger partial charge in [-0.15, -0.1) is 6.58 Å². The van der Waals surface area contributed by atoms with Gasteiger partial charge in [0.15, 0.2) is 9.84 Å². The van der Waals surface area contributed by atoms with E-state index in [1.54, 1.807) is 0 Å². The lowest BCUT2D eigenvalue weighted by atomic mass is 10.1. The topological polar surface area (TPSA) is 34.1 Å². The molecule has 0 N–H and O–H groups in total. The standard InChI is InChI=1S/C14H20O2S/c1-3-4-5-9-12-14(17(2,15)16)13-10-7-6-8-11-13/h3,6-8,10-11,14H,1,4-5,9,12H2,2H3. The van der Waals surface area contributed by atoms with Gasteiger partial charge in [0.1, 0.15) is 0 Å². The molecule has 1 aromatic rings. The summed E-state index contributed by atoms with van der Waals surface area (Å²) in [5.41, 5.74) is 0.897. The molecule has 0 saturated carbocycles. The van der Waals surface area contributed by atoms with E-state index in [0.29, 0.717) is 6.42 Å². The van der Waals surface area contributed by atoms with E-state index in [1.165, 1.54) is 6.26 Å². The van der Waals surface area contributed by atoms with Gasteiger partial charge in [-0.25, -0.2) is 8.42 Å².